The molecule has 0 amide bonds. The third-order valence-corrected chi connectivity index (χ3v) is 10.6. The predicted octanol–water partition coefficient (Wildman–Crippen LogP) is 12.9. The van der Waals surface area contributed by atoms with E-state index in [1.165, 1.54) is 89.9 Å². The van der Waals surface area contributed by atoms with Crippen molar-refractivity contribution in [2.75, 3.05) is 13.2 Å². The topological polar surface area (TPSA) is 118 Å². The summed E-state index contributed by atoms with van der Waals surface area (Å²) in [5.74, 6) is -0.710. The van der Waals surface area contributed by atoms with Crippen molar-refractivity contribution < 1.29 is 43.2 Å². The van der Waals surface area contributed by atoms with Gasteiger partial charge in [0.1, 0.15) is 13.2 Å². The molecule has 0 fully saturated rings. The molecule has 9 nitrogen and oxygen atoms in total. The molecule has 0 spiro atoms. The quantitative estimate of drug-likeness (QED) is 0.0298. The van der Waals surface area contributed by atoms with E-state index < -0.39 is 6.29 Å². The number of carbonyl (C=O) groups is 3. The van der Waals surface area contributed by atoms with Crippen molar-refractivity contribution >= 4 is 17.9 Å². The van der Waals surface area contributed by atoms with Crippen molar-refractivity contribution in [3.05, 3.63) is 34.9 Å². The zero-order valence-corrected chi connectivity index (χ0v) is 37.6. The lowest BCUT2D eigenvalue weighted by Gasteiger charge is -2.19. The molecule has 58 heavy (non-hydrogen) atoms. The highest BCUT2D eigenvalue weighted by atomic mass is 16.7. The zero-order valence-electron chi connectivity index (χ0n) is 37.6. The van der Waals surface area contributed by atoms with Crippen LogP contribution in [0.4, 0.5) is 0 Å². The molecule has 0 radical (unpaired) electrons. The zero-order chi connectivity index (χ0) is 42.3. The van der Waals surface area contributed by atoms with E-state index >= 15 is 0 Å². The normalized spacial score (nSPS) is 11.9. The van der Waals surface area contributed by atoms with Gasteiger partial charge in [0.25, 0.3) is 0 Å². The van der Waals surface area contributed by atoms with Gasteiger partial charge in [-0.2, -0.15) is 0 Å². The molecule has 1 N–H and O–H groups in total. The fourth-order valence-electron chi connectivity index (χ4n) is 7.01. The molecule has 1 unspecified atom stereocenters. The second-order valence-electron chi connectivity index (χ2n) is 16.4. The van der Waals surface area contributed by atoms with Gasteiger partial charge in [0.05, 0.1) is 19.1 Å². The maximum absolute atomic E-state index is 12.8. The first-order valence-electron chi connectivity index (χ1n) is 23.8. The first-order valence-corrected chi connectivity index (χ1v) is 23.8. The molecule has 0 bridgehead atoms. The van der Waals surface area contributed by atoms with Crippen LogP contribution in [0.3, 0.4) is 0 Å². The van der Waals surface area contributed by atoms with Gasteiger partial charge in [-0.15, -0.1) is 0 Å². The minimum absolute atomic E-state index is 0.0159. The van der Waals surface area contributed by atoms with Crippen molar-refractivity contribution in [3.8, 4) is 0 Å². The third kappa shape index (κ3) is 32.4. The van der Waals surface area contributed by atoms with Crippen molar-refractivity contribution in [1.29, 1.82) is 0 Å². The highest BCUT2D eigenvalue weighted by Gasteiger charge is 2.15. The molecule has 336 valence electrons. The molecule has 9 heteroatoms. The maximum Gasteiger partial charge on any atom is 0.306 e. The average molecular weight is 819 g/mol. The number of hydrogen-bond acceptors (Lipinski definition) is 9. The van der Waals surface area contributed by atoms with E-state index in [1.54, 1.807) is 12.1 Å². The van der Waals surface area contributed by atoms with Gasteiger partial charge < -0.3 is 28.8 Å². The number of aliphatic hydroxyl groups excluding tert-OH is 1. The van der Waals surface area contributed by atoms with E-state index in [9.17, 15) is 19.5 Å². The first kappa shape index (κ1) is 53.5. The largest absolute Gasteiger partial charge is 0.463 e. The lowest BCUT2D eigenvalue weighted by Crippen LogP contribution is -2.21. The monoisotopic (exact) mass is 819 g/mol. The summed E-state index contributed by atoms with van der Waals surface area (Å²) in [5, 5.41) is 9.84. The minimum Gasteiger partial charge on any atom is -0.463 e. The highest BCUT2D eigenvalue weighted by Crippen LogP contribution is 2.17. The molecule has 0 aliphatic heterocycles. The fraction of sp³-hybridized carbons (Fsp3) is 0.816. The van der Waals surface area contributed by atoms with Crippen molar-refractivity contribution in [2.45, 2.75) is 246 Å². The summed E-state index contributed by atoms with van der Waals surface area (Å²) >= 11 is 0. The van der Waals surface area contributed by atoms with E-state index in [2.05, 4.69) is 20.8 Å². The van der Waals surface area contributed by atoms with Gasteiger partial charge in [0.15, 0.2) is 6.29 Å². The van der Waals surface area contributed by atoms with Crippen LogP contribution in [-0.4, -0.2) is 48.6 Å². The highest BCUT2D eigenvalue weighted by molar-refractivity contribution is 5.70. The van der Waals surface area contributed by atoms with Crippen LogP contribution in [0.15, 0.2) is 18.2 Å². The Balaban J connectivity index is 2.34. The SMILES string of the molecule is CCCCCCCCCC(C)OC(=O)CCCCCCCC(=O)OCc1cc(CO)cc(COC(=O)CCC(OCCCCCCCC)OCCCCCCCC)c1. The Bertz CT molecular complexity index is 1120. The van der Waals surface area contributed by atoms with E-state index in [4.69, 9.17) is 23.7 Å². The summed E-state index contributed by atoms with van der Waals surface area (Å²) in [6, 6.07) is 5.44. The number of unbranched alkanes of at least 4 members (excludes halogenated alkanes) is 20. The molecule has 1 atom stereocenters. The molecule has 1 aromatic rings. The number of rotatable bonds is 41. The van der Waals surface area contributed by atoms with Gasteiger partial charge in [0, 0.05) is 32.5 Å². The van der Waals surface area contributed by atoms with Crippen molar-refractivity contribution in [3.63, 3.8) is 0 Å². The second kappa shape index (κ2) is 38.7. The Hall–Kier alpha value is -2.49. The third-order valence-electron chi connectivity index (χ3n) is 10.6. The van der Waals surface area contributed by atoms with E-state index in [0.29, 0.717) is 38.0 Å². The first-order chi connectivity index (χ1) is 28.3. The maximum atomic E-state index is 12.8. The van der Waals surface area contributed by atoms with Gasteiger partial charge in [-0.3, -0.25) is 14.4 Å². The molecule has 0 heterocycles. The summed E-state index contributed by atoms with van der Waals surface area (Å²) in [5.41, 5.74) is 2.13. The predicted molar refractivity (Wildman–Crippen MR) is 234 cm³/mol. The number of carbonyl (C=O) groups excluding carboxylic acids is 3. The molecule has 1 aromatic carbocycles. The summed E-state index contributed by atoms with van der Waals surface area (Å²) in [7, 11) is 0. The second-order valence-corrected chi connectivity index (χ2v) is 16.4. The molecule has 0 aliphatic rings. The molecule has 0 aliphatic carbocycles. The molecule has 1 rings (SSSR count). The van der Waals surface area contributed by atoms with Crippen LogP contribution in [0.2, 0.25) is 0 Å². The van der Waals surface area contributed by atoms with Crippen LogP contribution in [0.1, 0.15) is 231 Å². The lowest BCUT2D eigenvalue weighted by atomic mass is 10.1. The Kier molecular flexibility index (Phi) is 35.7. The molecular formula is C49H86O9. The Morgan fingerprint density at radius 1 is 0.483 bits per heavy atom. The van der Waals surface area contributed by atoms with Gasteiger partial charge in [-0.25, -0.2) is 0 Å². The molecule has 0 saturated heterocycles. The van der Waals surface area contributed by atoms with E-state index in [-0.39, 0.29) is 50.3 Å². The van der Waals surface area contributed by atoms with Crippen LogP contribution < -0.4 is 0 Å². The lowest BCUT2D eigenvalue weighted by molar-refractivity contribution is -0.160. The van der Waals surface area contributed by atoms with Gasteiger partial charge in [0.2, 0.25) is 0 Å². The number of esters is 3. The number of aliphatic hydroxyl groups is 1. The Morgan fingerprint density at radius 2 is 0.879 bits per heavy atom. The number of benzene rings is 1. The Morgan fingerprint density at radius 3 is 1.36 bits per heavy atom. The van der Waals surface area contributed by atoms with E-state index in [0.717, 1.165) is 81.8 Å². The minimum atomic E-state index is -0.424. The van der Waals surface area contributed by atoms with Crippen molar-refractivity contribution in [2.24, 2.45) is 0 Å². The average Bonchev–Trinajstić information content (AvgIpc) is 3.22. The summed E-state index contributed by atoms with van der Waals surface area (Å²) in [4.78, 5) is 37.5. The fourth-order valence-corrected chi connectivity index (χ4v) is 7.01. The van der Waals surface area contributed by atoms with Gasteiger partial charge in [-0.05, 0) is 68.2 Å². The van der Waals surface area contributed by atoms with Crippen LogP contribution >= 0.6 is 0 Å². The van der Waals surface area contributed by atoms with Crippen LogP contribution in [0, 0.1) is 0 Å². The summed E-state index contributed by atoms with van der Waals surface area (Å²) < 4.78 is 28.9. The number of hydrogen-bond donors (Lipinski definition) is 1. The van der Waals surface area contributed by atoms with Crippen LogP contribution in [-0.2, 0) is 57.9 Å². The number of ether oxygens (including phenoxy) is 5. The van der Waals surface area contributed by atoms with E-state index in [1.807, 2.05) is 13.0 Å². The Labute approximate surface area is 354 Å². The van der Waals surface area contributed by atoms with Gasteiger partial charge in [-0.1, -0.05) is 155 Å². The summed E-state index contributed by atoms with van der Waals surface area (Å²) in [6.07, 6.45) is 29.2. The standard InChI is InChI=1S/C49H86O9/c1-5-8-11-14-17-19-24-29-42(4)58-48(53)31-26-21-18-20-25-30-46(51)56-40-44-36-43(39-50)37-45(38-44)41-57-47(52)32-33-49(54-34-27-22-15-12-9-6-2)55-35-28-23-16-13-10-7-3/h36-38,42,49-50H,5-35,39-41H2,1-4H3. The summed E-state index contributed by atoms with van der Waals surface area (Å²) in [6.45, 7) is 9.89. The van der Waals surface area contributed by atoms with Crippen LogP contribution in [0.5, 0.6) is 0 Å². The van der Waals surface area contributed by atoms with Crippen molar-refractivity contribution in [1.82, 2.24) is 0 Å². The van der Waals surface area contributed by atoms with Gasteiger partial charge >= 0.3 is 17.9 Å². The molecule has 0 saturated carbocycles. The van der Waals surface area contributed by atoms with Crippen LogP contribution in [0.25, 0.3) is 0 Å². The smallest absolute Gasteiger partial charge is 0.306 e. The molecule has 0 aromatic heterocycles. The molecular weight excluding hydrogens is 733 g/mol.